The van der Waals surface area contributed by atoms with E-state index in [1.54, 1.807) is 18.2 Å². The molecule has 0 aromatic heterocycles. The summed E-state index contributed by atoms with van der Waals surface area (Å²) in [6, 6.07) is 5.14. The maximum absolute atomic E-state index is 11.7. The van der Waals surface area contributed by atoms with Gasteiger partial charge in [-0.25, -0.2) is 0 Å². The van der Waals surface area contributed by atoms with Crippen LogP contribution in [0.4, 0.5) is 5.69 Å². The van der Waals surface area contributed by atoms with Crippen molar-refractivity contribution in [2.24, 2.45) is 10.9 Å². The number of oxime groups is 1. The summed E-state index contributed by atoms with van der Waals surface area (Å²) in [5.41, 5.74) is 5.77. The first-order valence-electron chi connectivity index (χ1n) is 6.26. The lowest BCUT2D eigenvalue weighted by molar-refractivity contribution is -0.115. The molecule has 1 amide bonds. The molecule has 1 aromatic rings. The number of nitrogens with zero attached hydrogens (tertiary/aromatic N) is 1. The van der Waals surface area contributed by atoms with Crippen molar-refractivity contribution in [2.75, 3.05) is 18.5 Å². The number of hydrogen-bond donors (Lipinski definition) is 3. The molecular weight excluding hydrogens is 262 g/mol. The molecule has 0 spiro atoms. The standard InChI is InChI=1S/C13H19N3O4/c1-3-19-9-5-6-11(20-4-2)10(7-9)15-13(17)8-12(14)16-18/h5-7,18H,3-4,8H2,1-2H3,(H2,14,16)(H,15,17). The molecule has 110 valence electrons. The summed E-state index contributed by atoms with van der Waals surface area (Å²) in [5, 5.41) is 13.8. The fourth-order valence-corrected chi connectivity index (χ4v) is 1.54. The number of rotatable bonds is 7. The van der Waals surface area contributed by atoms with E-state index in [2.05, 4.69) is 10.5 Å². The molecule has 0 fully saturated rings. The Kier molecular flexibility index (Phi) is 6.15. The number of amidine groups is 1. The number of hydrogen-bond acceptors (Lipinski definition) is 5. The van der Waals surface area contributed by atoms with Gasteiger partial charge in [0.25, 0.3) is 0 Å². The van der Waals surface area contributed by atoms with Crippen LogP contribution < -0.4 is 20.5 Å². The second-order valence-corrected chi connectivity index (χ2v) is 3.84. The van der Waals surface area contributed by atoms with Gasteiger partial charge in [-0.3, -0.25) is 4.79 Å². The highest BCUT2D eigenvalue weighted by molar-refractivity contribution is 6.05. The second kappa shape index (κ2) is 7.88. The second-order valence-electron chi connectivity index (χ2n) is 3.84. The third-order valence-electron chi connectivity index (χ3n) is 2.31. The summed E-state index contributed by atoms with van der Waals surface area (Å²) in [4.78, 5) is 11.7. The summed E-state index contributed by atoms with van der Waals surface area (Å²) in [7, 11) is 0. The average Bonchev–Trinajstić information content (AvgIpc) is 2.42. The van der Waals surface area contributed by atoms with Crippen molar-refractivity contribution in [3.05, 3.63) is 18.2 Å². The summed E-state index contributed by atoms with van der Waals surface area (Å²) in [6.45, 7) is 4.70. The summed E-state index contributed by atoms with van der Waals surface area (Å²) >= 11 is 0. The highest BCUT2D eigenvalue weighted by atomic mass is 16.5. The van der Waals surface area contributed by atoms with E-state index in [1.807, 2.05) is 13.8 Å². The van der Waals surface area contributed by atoms with Crippen LogP contribution >= 0.6 is 0 Å². The molecule has 0 aliphatic carbocycles. The van der Waals surface area contributed by atoms with Gasteiger partial charge in [0, 0.05) is 6.07 Å². The monoisotopic (exact) mass is 281 g/mol. The highest BCUT2D eigenvalue weighted by Gasteiger charge is 2.11. The maximum Gasteiger partial charge on any atom is 0.232 e. The quantitative estimate of drug-likeness (QED) is 0.304. The molecule has 1 rings (SSSR count). The molecule has 0 aliphatic rings. The van der Waals surface area contributed by atoms with Crippen molar-refractivity contribution in [1.29, 1.82) is 0 Å². The topological polar surface area (TPSA) is 106 Å². The Morgan fingerprint density at radius 2 is 2.05 bits per heavy atom. The molecule has 1 aromatic carbocycles. The van der Waals surface area contributed by atoms with Gasteiger partial charge in [0.05, 0.1) is 25.3 Å². The van der Waals surface area contributed by atoms with E-state index in [4.69, 9.17) is 20.4 Å². The van der Waals surface area contributed by atoms with Gasteiger partial charge in [-0.2, -0.15) is 0 Å². The normalized spacial score (nSPS) is 11.0. The van der Waals surface area contributed by atoms with Gasteiger partial charge in [0.2, 0.25) is 5.91 Å². The number of nitrogens with two attached hydrogens (primary N) is 1. The van der Waals surface area contributed by atoms with Gasteiger partial charge in [-0.05, 0) is 26.0 Å². The lowest BCUT2D eigenvalue weighted by Gasteiger charge is -2.13. The molecular formula is C13H19N3O4. The fraction of sp³-hybridized carbons (Fsp3) is 0.385. The van der Waals surface area contributed by atoms with Crippen LogP contribution in [-0.2, 0) is 4.79 Å². The number of amides is 1. The van der Waals surface area contributed by atoms with Crippen LogP contribution in [0.1, 0.15) is 20.3 Å². The molecule has 0 heterocycles. The van der Waals surface area contributed by atoms with Crippen LogP contribution in [0.2, 0.25) is 0 Å². The van der Waals surface area contributed by atoms with Gasteiger partial charge >= 0.3 is 0 Å². The molecule has 7 nitrogen and oxygen atoms in total. The number of ether oxygens (including phenoxy) is 2. The van der Waals surface area contributed by atoms with Crippen LogP contribution in [0.25, 0.3) is 0 Å². The molecule has 7 heteroatoms. The first-order chi connectivity index (χ1) is 9.60. The number of anilines is 1. The molecule has 0 saturated carbocycles. The van der Waals surface area contributed by atoms with E-state index in [9.17, 15) is 4.79 Å². The Morgan fingerprint density at radius 1 is 1.35 bits per heavy atom. The Labute approximate surface area is 117 Å². The summed E-state index contributed by atoms with van der Waals surface area (Å²) in [5.74, 6) is 0.579. The zero-order valence-electron chi connectivity index (χ0n) is 11.5. The molecule has 0 unspecified atom stereocenters. The molecule has 4 N–H and O–H groups in total. The Bertz CT molecular complexity index is 489. The van der Waals surface area contributed by atoms with Crippen molar-refractivity contribution >= 4 is 17.4 Å². The van der Waals surface area contributed by atoms with Crippen LogP contribution in [-0.4, -0.2) is 30.2 Å². The third-order valence-corrected chi connectivity index (χ3v) is 2.31. The zero-order chi connectivity index (χ0) is 15.0. The molecule has 0 saturated heterocycles. The molecule has 0 radical (unpaired) electrons. The van der Waals surface area contributed by atoms with Gasteiger partial charge in [-0.1, -0.05) is 5.16 Å². The zero-order valence-corrected chi connectivity index (χ0v) is 11.5. The Balaban J connectivity index is 2.88. The van der Waals surface area contributed by atoms with Crippen molar-refractivity contribution in [1.82, 2.24) is 0 Å². The number of carbonyl (C=O) groups excluding carboxylic acids is 1. The first-order valence-corrected chi connectivity index (χ1v) is 6.26. The van der Waals surface area contributed by atoms with E-state index in [0.717, 1.165) is 0 Å². The number of carbonyl (C=O) groups is 1. The maximum atomic E-state index is 11.7. The number of benzene rings is 1. The van der Waals surface area contributed by atoms with E-state index in [0.29, 0.717) is 30.4 Å². The number of nitrogens with one attached hydrogen (secondary N) is 1. The SMILES string of the molecule is CCOc1ccc(OCC)c(NC(=O)C/C(N)=N/O)c1. The highest BCUT2D eigenvalue weighted by Crippen LogP contribution is 2.29. The summed E-state index contributed by atoms with van der Waals surface area (Å²) < 4.78 is 10.8. The molecule has 0 aliphatic heterocycles. The van der Waals surface area contributed by atoms with Gasteiger partial charge in [0.15, 0.2) is 0 Å². The van der Waals surface area contributed by atoms with Crippen molar-refractivity contribution in [2.45, 2.75) is 20.3 Å². The van der Waals surface area contributed by atoms with Crippen LogP contribution in [0.15, 0.2) is 23.4 Å². The lowest BCUT2D eigenvalue weighted by atomic mass is 10.2. The van der Waals surface area contributed by atoms with Crippen molar-refractivity contribution in [3.63, 3.8) is 0 Å². The fourth-order valence-electron chi connectivity index (χ4n) is 1.54. The lowest BCUT2D eigenvalue weighted by Crippen LogP contribution is -2.22. The van der Waals surface area contributed by atoms with E-state index >= 15 is 0 Å². The van der Waals surface area contributed by atoms with Crippen molar-refractivity contribution in [3.8, 4) is 11.5 Å². The van der Waals surface area contributed by atoms with Gasteiger partial charge < -0.3 is 25.7 Å². The Morgan fingerprint density at radius 3 is 2.65 bits per heavy atom. The van der Waals surface area contributed by atoms with Crippen molar-refractivity contribution < 1.29 is 19.5 Å². The average molecular weight is 281 g/mol. The third kappa shape index (κ3) is 4.68. The van der Waals surface area contributed by atoms with Crippen LogP contribution in [0.5, 0.6) is 11.5 Å². The largest absolute Gasteiger partial charge is 0.494 e. The van der Waals surface area contributed by atoms with Gasteiger partial charge in [-0.15, -0.1) is 0 Å². The van der Waals surface area contributed by atoms with Crippen LogP contribution in [0, 0.1) is 0 Å². The minimum atomic E-state index is -0.407. The van der Waals surface area contributed by atoms with E-state index in [-0.39, 0.29) is 12.3 Å². The molecule has 0 atom stereocenters. The predicted molar refractivity (Wildman–Crippen MR) is 75.4 cm³/mol. The summed E-state index contributed by atoms with van der Waals surface area (Å²) in [6.07, 6.45) is -0.207. The van der Waals surface area contributed by atoms with E-state index < -0.39 is 5.91 Å². The molecule has 20 heavy (non-hydrogen) atoms. The minimum Gasteiger partial charge on any atom is -0.494 e. The first kappa shape index (κ1) is 15.6. The predicted octanol–water partition coefficient (Wildman–Crippen LogP) is 1.56. The van der Waals surface area contributed by atoms with Gasteiger partial charge in [0.1, 0.15) is 17.3 Å². The smallest absolute Gasteiger partial charge is 0.232 e. The minimum absolute atomic E-state index is 0.165. The Hall–Kier alpha value is -2.44. The van der Waals surface area contributed by atoms with E-state index in [1.165, 1.54) is 0 Å². The molecule has 0 bridgehead atoms. The van der Waals surface area contributed by atoms with Crippen LogP contribution in [0.3, 0.4) is 0 Å².